The van der Waals surface area contributed by atoms with E-state index in [0.29, 0.717) is 18.4 Å². The molecule has 1 aromatic rings. The van der Waals surface area contributed by atoms with Crippen LogP contribution in [0.5, 0.6) is 5.75 Å². The van der Waals surface area contributed by atoms with Crippen LogP contribution < -0.4 is 10.1 Å². The maximum Gasteiger partial charge on any atom is 0.275 e. The highest BCUT2D eigenvalue weighted by Gasteiger charge is 2.13. The van der Waals surface area contributed by atoms with Gasteiger partial charge in [-0.1, -0.05) is 27.2 Å². The van der Waals surface area contributed by atoms with Gasteiger partial charge in [0.2, 0.25) is 0 Å². The Kier molecular flexibility index (Phi) is 6.84. The molecule has 1 atom stereocenters. The summed E-state index contributed by atoms with van der Waals surface area (Å²) in [4.78, 5) is 10.6. The van der Waals surface area contributed by atoms with Gasteiger partial charge in [-0.2, -0.15) is 0 Å². The molecule has 0 amide bonds. The molecule has 0 bridgehead atoms. The molecule has 0 saturated carbocycles. The van der Waals surface area contributed by atoms with Crippen molar-refractivity contribution in [3.05, 3.63) is 28.3 Å². The van der Waals surface area contributed by atoms with Gasteiger partial charge in [-0.15, -0.1) is 0 Å². The minimum Gasteiger partial charge on any atom is -0.493 e. The molecule has 0 heterocycles. The van der Waals surface area contributed by atoms with Gasteiger partial charge >= 0.3 is 0 Å². The fourth-order valence-electron chi connectivity index (χ4n) is 2.04. The molecule has 1 N–H and O–H groups in total. The summed E-state index contributed by atoms with van der Waals surface area (Å²) < 4.78 is 5.52. The smallest absolute Gasteiger partial charge is 0.275 e. The number of non-ortho nitro benzene ring substituents is 1. The molecule has 0 spiro atoms. The lowest BCUT2D eigenvalue weighted by Crippen LogP contribution is -2.18. The van der Waals surface area contributed by atoms with Crippen molar-refractivity contribution in [1.82, 2.24) is 0 Å². The molecule has 0 radical (unpaired) electrons. The first kappa shape index (κ1) is 16.3. The van der Waals surface area contributed by atoms with Crippen LogP contribution in [0.4, 0.5) is 11.4 Å². The average molecular weight is 280 g/mol. The number of nitro benzene ring substituents is 1. The quantitative estimate of drug-likeness (QED) is 0.538. The van der Waals surface area contributed by atoms with Crippen LogP contribution in [-0.2, 0) is 0 Å². The molecule has 0 aromatic heterocycles. The molecule has 0 fully saturated rings. The summed E-state index contributed by atoms with van der Waals surface area (Å²) in [5.74, 6) is 0.551. The Morgan fingerprint density at radius 3 is 2.55 bits per heavy atom. The van der Waals surface area contributed by atoms with E-state index in [2.05, 4.69) is 19.2 Å². The zero-order chi connectivity index (χ0) is 15.0. The molecular weight excluding hydrogens is 256 g/mol. The molecule has 0 aliphatic rings. The molecule has 5 heteroatoms. The molecule has 5 nitrogen and oxygen atoms in total. The SMILES string of the molecule is CCCOc1cc(NC(CC)CCC)cc([N+](=O)[O-])c1. The van der Waals surface area contributed by atoms with Gasteiger partial charge in [-0.05, 0) is 19.3 Å². The third-order valence-electron chi connectivity index (χ3n) is 3.08. The molecular formula is C15H24N2O3. The summed E-state index contributed by atoms with van der Waals surface area (Å²) in [7, 11) is 0. The first-order valence-electron chi connectivity index (χ1n) is 7.29. The van der Waals surface area contributed by atoms with Crippen molar-refractivity contribution in [2.45, 2.75) is 52.5 Å². The van der Waals surface area contributed by atoms with Crippen molar-refractivity contribution >= 4 is 11.4 Å². The number of hydrogen-bond acceptors (Lipinski definition) is 4. The minimum absolute atomic E-state index is 0.0625. The van der Waals surface area contributed by atoms with Crippen molar-refractivity contribution < 1.29 is 9.66 Å². The lowest BCUT2D eigenvalue weighted by Gasteiger charge is -2.18. The van der Waals surface area contributed by atoms with Crippen LogP contribution in [0.3, 0.4) is 0 Å². The normalized spacial score (nSPS) is 11.9. The highest BCUT2D eigenvalue weighted by Crippen LogP contribution is 2.27. The van der Waals surface area contributed by atoms with Gasteiger partial charge in [0.15, 0.2) is 0 Å². The first-order valence-corrected chi connectivity index (χ1v) is 7.29. The van der Waals surface area contributed by atoms with Gasteiger partial charge in [0.1, 0.15) is 5.75 Å². The summed E-state index contributed by atoms with van der Waals surface area (Å²) in [5, 5.41) is 14.3. The van der Waals surface area contributed by atoms with Crippen LogP contribution in [0.15, 0.2) is 18.2 Å². The Bertz CT molecular complexity index is 435. The third-order valence-corrected chi connectivity index (χ3v) is 3.08. The lowest BCUT2D eigenvalue weighted by atomic mass is 10.1. The Balaban J connectivity index is 2.92. The van der Waals surface area contributed by atoms with Crippen LogP contribution in [-0.4, -0.2) is 17.6 Å². The molecule has 1 rings (SSSR count). The number of ether oxygens (including phenoxy) is 1. The summed E-state index contributed by atoms with van der Waals surface area (Å²) in [6.07, 6.45) is 3.99. The largest absolute Gasteiger partial charge is 0.493 e. The fraction of sp³-hybridized carbons (Fsp3) is 0.600. The number of anilines is 1. The second kappa shape index (κ2) is 8.40. The van der Waals surface area contributed by atoms with Crippen LogP contribution in [0.1, 0.15) is 46.5 Å². The van der Waals surface area contributed by atoms with Gasteiger partial charge in [-0.25, -0.2) is 0 Å². The van der Waals surface area contributed by atoms with Gasteiger partial charge in [-0.3, -0.25) is 10.1 Å². The minimum atomic E-state index is -0.384. The first-order chi connectivity index (χ1) is 9.60. The van der Waals surface area contributed by atoms with E-state index in [0.717, 1.165) is 31.4 Å². The predicted octanol–water partition coefficient (Wildman–Crippen LogP) is 4.37. The van der Waals surface area contributed by atoms with Crippen molar-refractivity contribution in [2.24, 2.45) is 0 Å². The fourth-order valence-corrected chi connectivity index (χ4v) is 2.04. The number of benzene rings is 1. The van der Waals surface area contributed by atoms with Crippen molar-refractivity contribution in [2.75, 3.05) is 11.9 Å². The highest BCUT2D eigenvalue weighted by atomic mass is 16.6. The van der Waals surface area contributed by atoms with Crippen LogP contribution in [0.2, 0.25) is 0 Å². The molecule has 0 saturated heterocycles. The van der Waals surface area contributed by atoms with E-state index in [4.69, 9.17) is 4.74 Å². The van der Waals surface area contributed by atoms with Crippen LogP contribution in [0, 0.1) is 10.1 Å². The molecule has 1 aromatic carbocycles. The Morgan fingerprint density at radius 2 is 2.00 bits per heavy atom. The number of nitro groups is 1. The Labute approximate surface area is 120 Å². The number of nitrogens with one attached hydrogen (secondary N) is 1. The molecule has 1 unspecified atom stereocenters. The van der Waals surface area contributed by atoms with E-state index in [1.165, 1.54) is 6.07 Å². The summed E-state index contributed by atoms with van der Waals surface area (Å²) >= 11 is 0. The van der Waals surface area contributed by atoms with Crippen molar-refractivity contribution in [3.63, 3.8) is 0 Å². The average Bonchev–Trinajstić information content (AvgIpc) is 2.44. The molecule has 112 valence electrons. The predicted molar refractivity (Wildman–Crippen MR) is 81.5 cm³/mol. The van der Waals surface area contributed by atoms with E-state index >= 15 is 0 Å². The van der Waals surface area contributed by atoms with Crippen molar-refractivity contribution in [3.8, 4) is 5.75 Å². The van der Waals surface area contributed by atoms with Gasteiger partial charge in [0.05, 0.1) is 17.6 Å². The standard InChI is InChI=1S/C15H24N2O3/c1-4-7-12(6-3)16-13-9-14(17(18)19)11-15(10-13)20-8-5-2/h9-12,16H,4-8H2,1-3H3. The highest BCUT2D eigenvalue weighted by molar-refractivity contribution is 5.56. The Morgan fingerprint density at radius 1 is 1.25 bits per heavy atom. The second-order valence-corrected chi connectivity index (χ2v) is 4.86. The number of nitrogens with zero attached hydrogens (tertiary/aromatic N) is 1. The topological polar surface area (TPSA) is 64.4 Å². The van der Waals surface area contributed by atoms with Crippen molar-refractivity contribution in [1.29, 1.82) is 0 Å². The van der Waals surface area contributed by atoms with Crippen LogP contribution in [0.25, 0.3) is 0 Å². The van der Waals surface area contributed by atoms with E-state index < -0.39 is 0 Å². The van der Waals surface area contributed by atoms with Crippen LogP contribution >= 0.6 is 0 Å². The van der Waals surface area contributed by atoms with E-state index in [1.807, 2.05) is 13.0 Å². The van der Waals surface area contributed by atoms with Gasteiger partial charge in [0, 0.05) is 23.9 Å². The van der Waals surface area contributed by atoms with E-state index in [1.54, 1.807) is 6.07 Å². The maximum atomic E-state index is 11.0. The van der Waals surface area contributed by atoms with E-state index in [-0.39, 0.29) is 10.6 Å². The third kappa shape index (κ3) is 5.07. The molecule has 0 aliphatic heterocycles. The lowest BCUT2D eigenvalue weighted by molar-refractivity contribution is -0.384. The van der Waals surface area contributed by atoms with E-state index in [9.17, 15) is 10.1 Å². The Hall–Kier alpha value is -1.78. The monoisotopic (exact) mass is 280 g/mol. The zero-order valence-corrected chi connectivity index (χ0v) is 12.5. The molecule has 0 aliphatic carbocycles. The number of hydrogen-bond donors (Lipinski definition) is 1. The van der Waals surface area contributed by atoms with Gasteiger partial charge in [0.25, 0.3) is 5.69 Å². The van der Waals surface area contributed by atoms with Gasteiger partial charge < -0.3 is 10.1 Å². The second-order valence-electron chi connectivity index (χ2n) is 4.86. The summed E-state index contributed by atoms with van der Waals surface area (Å²) in [5.41, 5.74) is 0.818. The summed E-state index contributed by atoms with van der Waals surface area (Å²) in [6.45, 7) is 6.81. The number of rotatable bonds is 9. The maximum absolute atomic E-state index is 11.0. The zero-order valence-electron chi connectivity index (χ0n) is 12.5. The summed E-state index contributed by atoms with van der Waals surface area (Å²) in [6, 6.07) is 5.21. The molecule has 20 heavy (non-hydrogen) atoms.